The van der Waals surface area contributed by atoms with Gasteiger partial charge in [0, 0.05) is 37.7 Å². The van der Waals surface area contributed by atoms with Gasteiger partial charge in [-0.2, -0.15) is 0 Å². The van der Waals surface area contributed by atoms with E-state index in [0.717, 1.165) is 17.9 Å². The third-order valence-electron chi connectivity index (χ3n) is 4.85. The second-order valence-corrected chi connectivity index (χ2v) is 6.12. The number of nitrogens with zero attached hydrogens (tertiary/aromatic N) is 1. The van der Waals surface area contributed by atoms with Crippen molar-refractivity contribution >= 4 is 29.9 Å². The Morgan fingerprint density at radius 1 is 1.48 bits per heavy atom. The van der Waals surface area contributed by atoms with Gasteiger partial charge in [-0.05, 0) is 19.4 Å². The zero-order chi connectivity index (χ0) is 14.8. The number of aliphatic imine (C=N–C) groups is 1. The zero-order valence-corrected chi connectivity index (χ0v) is 15.7. The summed E-state index contributed by atoms with van der Waals surface area (Å²) in [6, 6.07) is 2.29. The lowest BCUT2D eigenvalue weighted by atomic mass is 9.56. The maximum atomic E-state index is 5.64. The molecule has 6 heteroatoms. The molecule has 2 N–H and O–H groups in total. The molecule has 120 valence electrons. The van der Waals surface area contributed by atoms with Crippen LogP contribution in [0.3, 0.4) is 0 Å². The fourth-order valence-electron chi connectivity index (χ4n) is 2.66. The summed E-state index contributed by atoms with van der Waals surface area (Å²) in [6.45, 7) is 7.31. The van der Waals surface area contributed by atoms with E-state index in [1.54, 1.807) is 26.7 Å². The van der Waals surface area contributed by atoms with Crippen LogP contribution in [0.15, 0.2) is 28.0 Å². The third kappa shape index (κ3) is 3.53. The van der Waals surface area contributed by atoms with Gasteiger partial charge in [-0.15, -0.1) is 24.0 Å². The van der Waals surface area contributed by atoms with Gasteiger partial charge in [0.25, 0.3) is 0 Å². The second kappa shape index (κ2) is 7.00. The Hall–Kier alpha value is -0.760. The number of rotatable bonds is 4. The van der Waals surface area contributed by atoms with Gasteiger partial charge >= 0.3 is 0 Å². The van der Waals surface area contributed by atoms with E-state index in [4.69, 9.17) is 9.15 Å². The molecule has 0 aliphatic heterocycles. The topological polar surface area (TPSA) is 58.8 Å². The van der Waals surface area contributed by atoms with Crippen molar-refractivity contribution in [3.05, 3.63) is 24.2 Å². The maximum absolute atomic E-state index is 5.64. The molecular formula is C15H26IN3O2. The number of ether oxygens (including phenoxy) is 1. The maximum Gasteiger partial charge on any atom is 0.191 e. The van der Waals surface area contributed by atoms with Crippen LogP contribution in [0.4, 0.5) is 0 Å². The van der Waals surface area contributed by atoms with Crippen molar-refractivity contribution in [3.63, 3.8) is 0 Å². The van der Waals surface area contributed by atoms with Crippen molar-refractivity contribution in [1.82, 2.24) is 10.6 Å². The fourth-order valence-corrected chi connectivity index (χ4v) is 2.66. The van der Waals surface area contributed by atoms with E-state index in [1.807, 2.05) is 6.07 Å². The Kier molecular flexibility index (Phi) is 6.10. The molecule has 0 saturated heterocycles. The summed E-state index contributed by atoms with van der Waals surface area (Å²) < 4.78 is 10.7. The Morgan fingerprint density at radius 3 is 2.67 bits per heavy atom. The molecule has 0 spiro atoms. The van der Waals surface area contributed by atoms with Crippen LogP contribution < -0.4 is 10.6 Å². The van der Waals surface area contributed by atoms with Crippen molar-refractivity contribution in [3.8, 4) is 0 Å². The van der Waals surface area contributed by atoms with Crippen LogP contribution in [0.1, 0.15) is 32.8 Å². The number of methoxy groups -OCH3 is 1. The molecule has 1 aliphatic carbocycles. The first-order valence-electron chi connectivity index (χ1n) is 6.96. The smallest absolute Gasteiger partial charge is 0.191 e. The van der Waals surface area contributed by atoms with Gasteiger partial charge in [0.05, 0.1) is 18.1 Å². The standard InChI is InChI=1S/C15H25N3O2.HI/c1-14(2)12(8-15(14,3)19-5)18-13(16-4)17-9-11-6-7-20-10-11;/h6-7,10,12H,8-9H2,1-5H3,(H2,16,17,18);1H. The summed E-state index contributed by atoms with van der Waals surface area (Å²) >= 11 is 0. The average molecular weight is 407 g/mol. The van der Waals surface area contributed by atoms with Crippen molar-refractivity contribution in [2.45, 2.75) is 45.4 Å². The highest BCUT2D eigenvalue weighted by molar-refractivity contribution is 14.0. The van der Waals surface area contributed by atoms with Gasteiger partial charge in [0.15, 0.2) is 5.96 Å². The summed E-state index contributed by atoms with van der Waals surface area (Å²) in [6.07, 6.45) is 4.38. The predicted molar refractivity (Wildman–Crippen MR) is 95.1 cm³/mol. The molecule has 2 unspecified atom stereocenters. The molecule has 0 aromatic carbocycles. The fraction of sp³-hybridized carbons (Fsp3) is 0.667. The monoisotopic (exact) mass is 407 g/mol. The van der Waals surface area contributed by atoms with E-state index >= 15 is 0 Å². The van der Waals surface area contributed by atoms with Crippen molar-refractivity contribution < 1.29 is 9.15 Å². The van der Waals surface area contributed by atoms with Crippen LogP contribution in [0, 0.1) is 5.41 Å². The molecule has 1 aromatic rings. The minimum absolute atomic E-state index is 0. The number of guanidine groups is 1. The SMILES string of the molecule is CN=C(NCc1ccoc1)NC1CC(C)(OC)C1(C)C.I. The lowest BCUT2D eigenvalue weighted by Crippen LogP contribution is -2.69. The highest BCUT2D eigenvalue weighted by atomic mass is 127. The van der Waals surface area contributed by atoms with Crippen LogP contribution >= 0.6 is 24.0 Å². The van der Waals surface area contributed by atoms with Gasteiger partial charge < -0.3 is 19.8 Å². The first kappa shape index (κ1) is 18.3. The molecule has 2 atom stereocenters. The average Bonchev–Trinajstić information content (AvgIpc) is 2.95. The second-order valence-electron chi connectivity index (χ2n) is 6.12. The Balaban J connectivity index is 0.00000220. The minimum Gasteiger partial charge on any atom is -0.472 e. The molecule has 2 rings (SSSR count). The van der Waals surface area contributed by atoms with Gasteiger partial charge in [-0.3, -0.25) is 4.99 Å². The lowest BCUT2D eigenvalue weighted by Gasteiger charge is -2.59. The van der Waals surface area contributed by atoms with E-state index in [1.165, 1.54) is 0 Å². The quantitative estimate of drug-likeness (QED) is 0.458. The van der Waals surface area contributed by atoms with Crippen LogP contribution in [0.5, 0.6) is 0 Å². The predicted octanol–water partition coefficient (Wildman–Crippen LogP) is 2.77. The minimum atomic E-state index is -0.0753. The molecule has 1 saturated carbocycles. The van der Waals surface area contributed by atoms with Gasteiger partial charge in [-0.25, -0.2) is 0 Å². The molecule has 1 aromatic heterocycles. The summed E-state index contributed by atoms with van der Waals surface area (Å²) in [5.74, 6) is 0.808. The van der Waals surface area contributed by atoms with Crippen LogP contribution in [-0.4, -0.2) is 31.8 Å². The highest BCUT2D eigenvalue weighted by Crippen LogP contribution is 2.51. The molecule has 0 bridgehead atoms. The summed E-state index contributed by atoms with van der Waals surface area (Å²) in [5, 5.41) is 6.77. The Labute approximate surface area is 143 Å². The molecule has 21 heavy (non-hydrogen) atoms. The first-order valence-corrected chi connectivity index (χ1v) is 6.96. The highest BCUT2D eigenvalue weighted by Gasteiger charge is 2.57. The number of hydrogen-bond acceptors (Lipinski definition) is 3. The number of halogens is 1. The molecule has 5 nitrogen and oxygen atoms in total. The van der Waals surface area contributed by atoms with Gasteiger partial charge in [0.2, 0.25) is 0 Å². The molecule has 0 radical (unpaired) electrons. The molecule has 1 fully saturated rings. The van der Waals surface area contributed by atoms with Crippen molar-refractivity contribution in [2.24, 2.45) is 10.4 Å². The van der Waals surface area contributed by atoms with E-state index < -0.39 is 0 Å². The normalized spacial score (nSPS) is 27.5. The summed E-state index contributed by atoms with van der Waals surface area (Å²) in [4.78, 5) is 4.27. The Bertz CT molecular complexity index is 473. The zero-order valence-electron chi connectivity index (χ0n) is 13.4. The third-order valence-corrected chi connectivity index (χ3v) is 4.85. The summed E-state index contributed by atoms with van der Waals surface area (Å²) in [7, 11) is 3.57. The van der Waals surface area contributed by atoms with E-state index in [9.17, 15) is 0 Å². The van der Waals surface area contributed by atoms with Crippen LogP contribution in [-0.2, 0) is 11.3 Å². The van der Waals surface area contributed by atoms with Crippen LogP contribution in [0.25, 0.3) is 0 Å². The van der Waals surface area contributed by atoms with E-state index in [2.05, 4.69) is 36.4 Å². The summed E-state index contributed by atoms with van der Waals surface area (Å²) in [5.41, 5.74) is 1.09. The number of nitrogens with one attached hydrogen (secondary N) is 2. The molecule has 0 amide bonds. The Morgan fingerprint density at radius 2 is 2.19 bits per heavy atom. The van der Waals surface area contributed by atoms with Gasteiger partial charge in [-0.1, -0.05) is 13.8 Å². The largest absolute Gasteiger partial charge is 0.472 e. The van der Waals surface area contributed by atoms with Crippen molar-refractivity contribution in [2.75, 3.05) is 14.2 Å². The molecule has 1 aliphatic rings. The number of hydrogen-bond donors (Lipinski definition) is 2. The van der Waals surface area contributed by atoms with Crippen LogP contribution in [0.2, 0.25) is 0 Å². The molecular weight excluding hydrogens is 381 g/mol. The van der Waals surface area contributed by atoms with Crippen molar-refractivity contribution in [1.29, 1.82) is 0 Å². The van der Waals surface area contributed by atoms with E-state index in [0.29, 0.717) is 12.6 Å². The first-order chi connectivity index (χ1) is 9.43. The van der Waals surface area contributed by atoms with Gasteiger partial charge in [0.1, 0.15) is 0 Å². The van der Waals surface area contributed by atoms with E-state index in [-0.39, 0.29) is 35.0 Å². The lowest BCUT2D eigenvalue weighted by molar-refractivity contribution is -0.176. The molecule has 1 heterocycles. The number of furan rings is 1.